The molecular formula is C17H18N4O2S. The van der Waals surface area contributed by atoms with Crippen LogP contribution in [0.4, 0.5) is 10.8 Å². The van der Waals surface area contributed by atoms with E-state index in [2.05, 4.69) is 19.7 Å². The van der Waals surface area contributed by atoms with Crippen molar-refractivity contribution < 1.29 is 9.47 Å². The number of benzene rings is 1. The van der Waals surface area contributed by atoms with Gasteiger partial charge < -0.3 is 14.8 Å². The molecule has 2 heterocycles. The second-order valence-corrected chi connectivity index (χ2v) is 5.81. The van der Waals surface area contributed by atoms with E-state index in [1.807, 2.05) is 36.4 Å². The van der Waals surface area contributed by atoms with Crippen molar-refractivity contribution in [2.24, 2.45) is 0 Å². The number of pyridine rings is 1. The van der Waals surface area contributed by atoms with Gasteiger partial charge in [-0.05, 0) is 18.2 Å². The molecule has 0 fully saturated rings. The van der Waals surface area contributed by atoms with Crippen LogP contribution < -0.4 is 10.1 Å². The molecule has 0 atom stereocenters. The van der Waals surface area contributed by atoms with Crippen molar-refractivity contribution in [2.75, 3.05) is 19.0 Å². The number of nitrogens with one attached hydrogen (secondary N) is 1. The van der Waals surface area contributed by atoms with Gasteiger partial charge in [-0.1, -0.05) is 12.1 Å². The lowest BCUT2D eigenvalue weighted by atomic mass is 10.3. The number of hydrogen-bond donors (Lipinski definition) is 1. The Kier molecular flexibility index (Phi) is 5.70. The molecule has 1 N–H and O–H groups in total. The van der Waals surface area contributed by atoms with E-state index in [9.17, 15) is 0 Å². The Hall–Kier alpha value is -2.51. The molecule has 0 spiro atoms. The van der Waals surface area contributed by atoms with E-state index < -0.39 is 0 Å². The second kappa shape index (κ2) is 8.37. The Bertz CT molecular complexity index is 764. The number of anilines is 2. The number of nitrogens with zero attached hydrogens (tertiary/aromatic N) is 3. The van der Waals surface area contributed by atoms with Crippen LogP contribution in [-0.2, 0) is 17.8 Å². The van der Waals surface area contributed by atoms with Gasteiger partial charge >= 0.3 is 0 Å². The highest BCUT2D eigenvalue weighted by Gasteiger charge is 2.05. The van der Waals surface area contributed by atoms with Crippen molar-refractivity contribution in [3.8, 4) is 5.75 Å². The standard InChI is InChI=1S/C17H18N4O2S/c1-22-9-7-16-20-17(24-21-16)19-14-5-2-6-15(10-14)23-12-13-4-3-8-18-11-13/h2-6,8,10-11H,7,9,12H2,1H3,(H,19,20,21). The molecule has 0 saturated heterocycles. The van der Waals surface area contributed by atoms with Crippen LogP contribution in [0, 0.1) is 0 Å². The summed E-state index contributed by atoms with van der Waals surface area (Å²) in [5.41, 5.74) is 1.94. The molecule has 0 aliphatic rings. The van der Waals surface area contributed by atoms with Crippen LogP contribution in [0.3, 0.4) is 0 Å². The summed E-state index contributed by atoms with van der Waals surface area (Å²) in [6.07, 6.45) is 4.25. The molecule has 6 nitrogen and oxygen atoms in total. The number of ether oxygens (including phenoxy) is 2. The molecule has 1 aromatic carbocycles. The molecule has 3 rings (SSSR count). The smallest absolute Gasteiger partial charge is 0.207 e. The molecule has 0 unspecified atom stereocenters. The zero-order valence-electron chi connectivity index (χ0n) is 13.3. The molecule has 0 bridgehead atoms. The molecule has 3 aromatic rings. The molecule has 124 valence electrons. The lowest BCUT2D eigenvalue weighted by Crippen LogP contribution is -1.98. The Morgan fingerprint density at radius 2 is 2.17 bits per heavy atom. The molecule has 24 heavy (non-hydrogen) atoms. The van der Waals surface area contributed by atoms with Crippen molar-refractivity contribution in [1.29, 1.82) is 0 Å². The summed E-state index contributed by atoms with van der Waals surface area (Å²) < 4.78 is 15.1. The van der Waals surface area contributed by atoms with Gasteiger partial charge in [0.2, 0.25) is 5.13 Å². The van der Waals surface area contributed by atoms with Crippen molar-refractivity contribution in [3.05, 3.63) is 60.2 Å². The lowest BCUT2D eigenvalue weighted by molar-refractivity contribution is 0.201. The van der Waals surface area contributed by atoms with Gasteiger partial charge in [-0.15, -0.1) is 0 Å². The highest BCUT2D eigenvalue weighted by atomic mass is 32.1. The third kappa shape index (κ3) is 4.74. The number of methoxy groups -OCH3 is 1. The topological polar surface area (TPSA) is 69.2 Å². The lowest BCUT2D eigenvalue weighted by Gasteiger charge is -2.08. The summed E-state index contributed by atoms with van der Waals surface area (Å²) in [6, 6.07) is 11.6. The predicted octanol–water partition coefficient (Wildman–Crippen LogP) is 3.44. The molecule has 2 aromatic heterocycles. The first kappa shape index (κ1) is 16.4. The molecule has 0 saturated carbocycles. The van der Waals surface area contributed by atoms with Gasteiger partial charge in [-0.25, -0.2) is 4.98 Å². The molecule has 0 amide bonds. The average Bonchev–Trinajstić information content (AvgIpc) is 3.07. The van der Waals surface area contributed by atoms with Crippen molar-refractivity contribution in [2.45, 2.75) is 13.0 Å². The van der Waals surface area contributed by atoms with Crippen molar-refractivity contribution in [3.63, 3.8) is 0 Å². The molecule has 0 radical (unpaired) electrons. The summed E-state index contributed by atoms with van der Waals surface area (Å²) in [6.45, 7) is 1.10. The zero-order chi connectivity index (χ0) is 16.6. The van der Waals surface area contributed by atoms with Crippen molar-refractivity contribution >= 4 is 22.4 Å². The van der Waals surface area contributed by atoms with Gasteiger partial charge in [-0.3, -0.25) is 4.98 Å². The van der Waals surface area contributed by atoms with E-state index >= 15 is 0 Å². The summed E-state index contributed by atoms with van der Waals surface area (Å²) in [5.74, 6) is 1.57. The van der Waals surface area contributed by atoms with Gasteiger partial charge in [0.15, 0.2) is 0 Å². The molecule has 7 heteroatoms. The fourth-order valence-corrected chi connectivity index (χ4v) is 2.67. The summed E-state index contributed by atoms with van der Waals surface area (Å²) in [4.78, 5) is 8.51. The second-order valence-electron chi connectivity index (χ2n) is 5.06. The van der Waals surface area contributed by atoms with Crippen LogP contribution in [0.25, 0.3) is 0 Å². The first-order chi connectivity index (χ1) is 11.8. The van der Waals surface area contributed by atoms with Gasteiger partial charge in [0.1, 0.15) is 18.2 Å². The fourth-order valence-electron chi connectivity index (χ4n) is 2.04. The van der Waals surface area contributed by atoms with Crippen LogP contribution in [0.5, 0.6) is 5.75 Å². The van der Waals surface area contributed by atoms with E-state index in [-0.39, 0.29) is 0 Å². The number of hydrogen-bond acceptors (Lipinski definition) is 7. The highest BCUT2D eigenvalue weighted by molar-refractivity contribution is 7.09. The van der Waals surface area contributed by atoms with Crippen LogP contribution in [0.1, 0.15) is 11.4 Å². The number of aromatic nitrogens is 3. The van der Waals surface area contributed by atoms with Crippen molar-refractivity contribution in [1.82, 2.24) is 14.3 Å². The predicted molar refractivity (Wildman–Crippen MR) is 93.8 cm³/mol. The average molecular weight is 342 g/mol. The Labute approximate surface area is 144 Å². The first-order valence-corrected chi connectivity index (χ1v) is 8.31. The third-order valence-corrected chi connectivity index (χ3v) is 3.88. The quantitative estimate of drug-likeness (QED) is 0.676. The monoisotopic (exact) mass is 342 g/mol. The summed E-state index contributed by atoms with van der Waals surface area (Å²) in [5, 5.41) is 4.01. The fraction of sp³-hybridized carbons (Fsp3) is 0.235. The maximum absolute atomic E-state index is 5.80. The maximum atomic E-state index is 5.80. The van der Waals surface area contributed by atoms with Crippen LogP contribution >= 0.6 is 11.5 Å². The first-order valence-electron chi connectivity index (χ1n) is 7.54. The minimum absolute atomic E-state index is 0.483. The van der Waals surface area contributed by atoms with E-state index in [1.54, 1.807) is 19.5 Å². The minimum Gasteiger partial charge on any atom is -0.489 e. The van der Waals surface area contributed by atoms with Crippen LogP contribution in [-0.4, -0.2) is 28.1 Å². The minimum atomic E-state index is 0.483. The van der Waals surface area contributed by atoms with Gasteiger partial charge in [0.05, 0.1) is 6.61 Å². The normalized spacial score (nSPS) is 10.5. The summed E-state index contributed by atoms with van der Waals surface area (Å²) >= 11 is 1.33. The van der Waals surface area contributed by atoms with E-state index in [0.29, 0.717) is 19.6 Å². The van der Waals surface area contributed by atoms with Gasteiger partial charge in [0.25, 0.3) is 0 Å². The van der Waals surface area contributed by atoms with E-state index in [4.69, 9.17) is 9.47 Å². The maximum Gasteiger partial charge on any atom is 0.207 e. The Morgan fingerprint density at radius 3 is 3.00 bits per heavy atom. The zero-order valence-corrected chi connectivity index (χ0v) is 14.1. The number of rotatable bonds is 8. The molecular weight excluding hydrogens is 324 g/mol. The molecule has 0 aliphatic carbocycles. The summed E-state index contributed by atoms with van der Waals surface area (Å²) in [7, 11) is 1.67. The van der Waals surface area contributed by atoms with E-state index in [1.165, 1.54) is 11.5 Å². The highest BCUT2D eigenvalue weighted by Crippen LogP contribution is 2.23. The molecule has 0 aliphatic heterocycles. The SMILES string of the molecule is COCCc1nsc(Nc2cccc(OCc3cccnc3)c2)n1. The van der Waals surface area contributed by atoms with Gasteiger partial charge in [0, 0.05) is 54.8 Å². The van der Waals surface area contributed by atoms with Crippen LogP contribution in [0.2, 0.25) is 0 Å². The Balaban J connectivity index is 1.59. The third-order valence-electron chi connectivity index (χ3n) is 3.21. The van der Waals surface area contributed by atoms with Gasteiger partial charge in [-0.2, -0.15) is 4.37 Å². The Morgan fingerprint density at radius 1 is 1.21 bits per heavy atom. The largest absolute Gasteiger partial charge is 0.489 e. The van der Waals surface area contributed by atoms with Crippen LogP contribution in [0.15, 0.2) is 48.8 Å². The van der Waals surface area contributed by atoms with E-state index in [0.717, 1.165) is 28.0 Å².